The molecule has 312 valence electrons. The SMILES string of the molecule is CCCCCCCC/C=C\CCCCCC(CC)C(CCN)NC(=O)C[C@H](NC(CCN)C(CC)CCCCC/C=C\CCCCCCCC)C(=O)O. The Morgan fingerprint density at radius 1 is 0.528 bits per heavy atom. The highest BCUT2D eigenvalue weighted by Crippen LogP contribution is 2.23. The molecule has 0 rings (SSSR count). The van der Waals surface area contributed by atoms with Gasteiger partial charge in [0.2, 0.25) is 5.91 Å². The number of carboxylic acid groups (broad SMARTS) is 1. The smallest absolute Gasteiger partial charge is 0.321 e. The second-order valence-electron chi connectivity index (χ2n) is 15.9. The molecular weight excluding hydrogens is 657 g/mol. The molecule has 0 saturated heterocycles. The van der Waals surface area contributed by atoms with Gasteiger partial charge in [-0.3, -0.25) is 9.59 Å². The van der Waals surface area contributed by atoms with E-state index < -0.39 is 12.0 Å². The summed E-state index contributed by atoms with van der Waals surface area (Å²) in [5, 5.41) is 16.8. The fraction of sp³-hybridized carbons (Fsp3) is 0.870. The van der Waals surface area contributed by atoms with Crippen molar-refractivity contribution in [1.82, 2.24) is 10.6 Å². The normalized spacial score (nSPS) is 14.8. The number of carbonyl (C=O) groups is 2. The minimum absolute atomic E-state index is 0.0234. The molecule has 0 saturated carbocycles. The van der Waals surface area contributed by atoms with Gasteiger partial charge in [-0.15, -0.1) is 0 Å². The molecule has 5 atom stereocenters. The molecule has 0 aliphatic carbocycles. The number of unbranched alkanes of at least 4 members (excludes halogenated alkanes) is 18. The molecule has 0 bridgehead atoms. The van der Waals surface area contributed by atoms with Crippen molar-refractivity contribution in [3.63, 3.8) is 0 Å². The molecule has 0 aromatic rings. The van der Waals surface area contributed by atoms with E-state index >= 15 is 0 Å². The van der Waals surface area contributed by atoms with Gasteiger partial charge >= 0.3 is 5.97 Å². The molecule has 53 heavy (non-hydrogen) atoms. The molecule has 1 amide bonds. The number of hydrogen-bond acceptors (Lipinski definition) is 5. The van der Waals surface area contributed by atoms with Crippen LogP contribution in [0.1, 0.15) is 214 Å². The van der Waals surface area contributed by atoms with Crippen molar-refractivity contribution >= 4 is 11.9 Å². The Balaban J connectivity index is 4.74. The molecule has 0 aromatic carbocycles. The van der Waals surface area contributed by atoms with Gasteiger partial charge in [-0.05, 0) is 102 Å². The molecule has 4 unspecified atom stereocenters. The minimum Gasteiger partial charge on any atom is -0.480 e. The predicted molar refractivity (Wildman–Crippen MR) is 230 cm³/mol. The Bertz CT molecular complexity index is 879. The summed E-state index contributed by atoms with van der Waals surface area (Å²) in [6.07, 6.45) is 42.6. The molecule has 7 heteroatoms. The first-order chi connectivity index (χ1) is 25.9. The summed E-state index contributed by atoms with van der Waals surface area (Å²) < 4.78 is 0. The summed E-state index contributed by atoms with van der Waals surface area (Å²) in [5.74, 6) is -0.515. The predicted octanol–water partition coefficient (Wildman–Crippen LogP) is 11.5. The Hall–Kier alpha value is -1.70. The van der Waals surface area contributed by atoms with E-state index in [0.29, 0.717) is 37.8 Å². The highest BCUT2D eigenvalue weighted by molar-refractivity contribution is 5.84. The molecule has 0 aliphatic heterocycles. The maximum absolute atomic E-state index is 13.3. The van der Waals surface area contributed by atoms with E-state index in [1.165, 1.54) is 116 Å². The van der Waals surface area contributed by atoms with E-state index in [0.717, 1.165) is 51.4 Å². The summed E-state index contributed by atoms with van der Waals surface area (Å²) in [5.41, 5.74) is 12.0. The van der Waals surface area contributed by atoms with Gasteiger partial charge in [0.1, 0.15) is 6.04 Å². The number of amides is 1. The van der Waals surface area contributed by atoms with E-state index in [2.05, 4.69) is 62.6 Å². The standard InChI is InChI=1S/C46H90N4O3/c1-5-9-11-13-15-17-19-21-23-25-27-29-31-33-40(7-3)42(35-37-47)49-44(46(52)53)39-45(51)50-43(36-38-48)41(8-4)34-32-30-28-26-24-22-20-18-16-14-12-10-6-2/h21-24,40-44,49H,5-20,25-39,47-48H2,1-4H3,(H,50,51)(H,52,53)/b23-21-,24-22-/t40?,41?,42?,43?,44-/m0/s1. The fourth-order valence-corrected chi connectivity index (χ4v) is 7.79. The lowest BCUT2D eigenvalue weighted by Crippen LogP contribution is -2.51. The zero-order chi connectivity index (χ0) is 39.2. The second-order valence-corrected chi connectivity index (χ2v) is 15.9. The number of nitrogens with two attached hydrogens (primary N) is 2. The van der Waals surface area contributed by atoms with Crippen LogP contribution in [0.2, 0.25) is 0 Å². The van der Waals surface area contributed by atoms with Crippen molar-refractivity contribution in [2.75, 3.05) is 13.1 Å². The molecule has 0 aliphatic rings. The van der Waals surface area contributed by atoms with Crippen molar-refractivity contribution < 1.29 is 14.7 Å². The van der Waals surface area contributed by atoms with E-state index in [1.54, 1.807) is 0 Å². The van der Waals surface area contributed by atoms with Gasteiger partial charge in [-0.1, -0.05) is 155 Å². The van der Waals surface area contributed by atoms with E-state index in [1.807, 2.05) is 0 Å². The molecule has 0 heterocycles. The number of carboxylic acids is 1. The van der Waals surface area contributed by atoms with Crippen molar-refractivity contribution in [2.45, 2.75) is 232 Å². The number of nitrogens with one attached hydrogen (secondary N) is 2. The van der Waals surface area contributed by atoms with Crippen LogP contribution >= 0.6 is 0 Å². The molecule has 0 fully saturated rings. The van der Waals surface area contributed by atoms with Crippen LogP contribution in [-0.2, 0) is 9.59 Å². The van der Waals surface area contributed by atoms with Crippen LogP contribution in [0.4, 0.5) is 0 Å². The lowest BCUT2D eigenvalue weighted by atomic mass is 9.87. The molecular formula is C46H90N4O3. The maximum Gasteiger partial charge on any atom is 0.321 e. The van der Waals surface area contributed by atoms with E-state index in [4.69, 9.17) is 11.5 Å². The number of aliphatic carboxylic acids is 1. The van der Waals surface area contributed by atoms with E-state index in [-0.39, 0.29) is 24.4 Å². The quantitative estimate of drug-likeness (QED) is 0.0313. The van der Waals surface area contributed by atoms with Crippen molar-refractivity contribution in [2.24, 2.45) is 23.3 Å². The zero-order valence-corrected chi connectivity index (χ0v) is 35.5. The number of allylic oxidation sites excluding steroid dienone is 4. The zero-order valence-electron chi connectivity index (χ0n) is 35.5. The topological polar surface area (TPSA) is 130 Å². The fourth-order valence-electron chi connectivity index (χ4n) is 7.79. The Morgan fingerprint density at radius 2 is 0.906 bits per heavy atom. The second kappa shape index (κ2) is 38.6. The molecule has 0 spiro atoms. The summed E-state index contributed by atoms with van der Waals surface area (Å²) >= 11 is 0. The average molecular weight is 747 g/mol. The molecule has 7 nitrogen and oxygen atoms in total. The third-order valence-electron chi connectivity index (χ3n) is 11.3. The summed E-state index contributed by atoms with van der Waals surface area (Å²) in [7, 11) is 0. The number of carbonyl (C=O) groups excluding carboxylic acids is 1. The summed E-state index contributed by atoms with van der Waals surface area (Å²) in [6, 6.07) is -0.993. The monoisotopic (exact) mass is 747 g/mol. The van der Waals surface area contributed by atoms with Crippen LogP contribution in [0.5, 0.6) is 0 Å². The van der Waals surface area contributed by atoms with Crippen molar-refractivity contribution in [3.8, 4) is 0 Å². The lowest BCUT2D eigenvalue weighted by molar-refractivity contribution is -0.142. The van der Waals surface area contributed by atoms with Gasteiger partial charge in [0, 0.05) is 12.1 Å². The Kier molecular flexibility index (Phi) is 37.3. The van der Waals surface area contributed by atoms with Gasteiger partial charge in [-0.25, -0.2) is 0 Å². The summed E-state index contributed by atoms with van der Waals surface area (Å²) in [4.78, 5) is 25.8. The van der Waals surface area contributed by atoms with Crippen LogP contribution in [0.3, 0.4) is 0 Å². The van der Waals surface area contributed by atoms with Crippen LogP contribution in [0, 0.1) is 11.8 Å². The van der Waals surface area contributed by atoms with Crippen LogP contribution in [-0.4, -0.2) is 48.2 Å². The van der Waals surface area contributed by atoms with Gasteiger partial charge in [0.15, 0.2) is 0 Å². The first-order valence-corrected chi connectivity index (χ1v) is 22.9. The lowest BCUT2D eigenvalue weighted by Gasteiger charge is -2.31. The number of rotatable bonds is 40. The molecule has 7 N–H and O–H groups in total. The summed E-state index contributed by atoms with van der Waals surface area (Å²) in [6.45, 7) is 9.88. The highest BCUT2D eigenvalue weighted by Gasteiger charge is 2.29. The first kappa shape index (κ1) is 51.3. The molecule has 0 aromatic heterocycles. The largest absolute Gasteiger partial charge is 0.480 e. The van der Waals surface area contributed by atoms with Gasteiger partial charge in [-0.2, -0.15) is 0 Å². The van der Waals surface area contributed by atoms with Crippen LogP contribution < -0.4 is 22.1 Å². The van der Waals surface area contributed by atoms with Crippen LogP contribution in [0.25, 0.3) is 0 Å². The first-order valence-electron chi connectivity index (χ1n) is 22.9. The Morgan fingerprint density at radius 3 is 1.30 bits per heavy atom. The Labute approximate surface area is 329 Å². The van der Waals surface area contributed by atoms with Gasteiger partial charge in [0.25, 0.3) is 0 Å². The van der Waals surface area contributed by atoms with Crippen molar-refractivity contribution in [3.05, 3.63) is 24.3 Å². The van der Waals surface area contributed by atoms with Gasteiger partial charge < -0.3 is 27.2 Å². The van der Waals surface area contributed by atoms with E-state index in [9.17, 15) is 14.7 Å². The van der Waals surface area contributed by atoms with Gasteiger partial charge in [0.05, 0.1) is 6.42 Å². The third kappa shape index (κ3) is 30.2. The maximum atomic E-state index is 13.3. The highest BCUT2D eigenvalue weighted by atomic mass is 16.4. The average Bonchev–Trinajstić information content (AvgIpc) is 3.14. The minimum atomic E-state index is -0.979. The third-order valence-corrected chi connectivity index (χ3v) is 11.3. The van der Waals surface area contributed by atoms with Crippen molar-refractivity contribution in [1.29, 1.82) is 0 Å². The van der Waals surface area contributed by atoms with Crippen LogP contribution in [0.15, 0.2) is 24.3 Å². The molecule has 0 radical (unpaired) electrons. The number of hydrogen-bond donors (Lipinski definition) is 5.